The Morgan fingerprint density at radius 2 is 1.84 bits per heavy atom. The molecule has 1 aliphatic rings. The van der Waals surface area contributed by atoms with Gasteiger partial charge in [-0.15, -0.1) is 0 Å². The third-order valence-corrected chi connectivity index (χ3v) is 4.28. The van der Waals surface area contributed by atoms with Crippen LogP contribution in [0.1, 0.15) is 33.0 Å². The van der Waals surface area contributed by atoms with E-state index in [0.717, 1.165) is 0 Å². The number of carbonyl (C=O) groups is 3. The van der Waals surface area contributed by atoms with Crippen molar-refractivity contribution in [1.82, 2.24) is 4.57 Å². The maximum atomic E-state index is 13.3. The molecule has 9 heteroatoms. The van der Waals surface area contributed by atoms with Crippen LogP contribution in [0.2, 0.25) is 5.02 Å². The average Bonchev–Trinajstić information content (AvgIpc) is 3.11. The van der Waals surface area contributed by atoms with Gasteiger partial charge < -0.3 is 9.88 Å². The van der Waals surface area contributed by atoms with Gasteiger partial charge >= 0.3 is 0 Å². The highest BCUT2D eigenvalue weighted by molar-refractivity contribution is 6.43. The summed E-state index contributed by atoms with van der Waals surface area (Å²) in [4.78, 5) is 35.0. The molecule has 0 radical (unpaired) electrons. The van der Waals surface area contributed by atoms with E-state index in [2.05, 4.69) is 5.32 Å². The molecule has 0 atom stereocenters. The van der Waals surface area contributed by atoms with E-state index in [1.54, 1.807) is 0 Å². The summed E-state index contributed by atoms with van der Waals surface area (Å²) in [5.74, 6) is -6.25. The number of hydrogen-bond donors (Lipinski definition) is 1. The fourth-order valence-electron chi connectivity index (χ4n) is 2.89. The van der Waals surface area contributed by atoms with Crippen LogP contribution in [0.3, 0.4) is 0 Å². The molecule has 0 saturated heterocycles. The van der Waals surface area contributed by atoms with Crippen molar-refractivity contribution in [3.8, 4) is 0 Å². The zero-order valence-electron chi connectivity index (χ0n) is 12.5. The molecule has 25 heavy (non-hydrogen) atoms. The Kier molecular flexibility index (Phi) is 4.38. The number of hydrogen-bond acceptors (Lipinski definition) is 3. The van der Waals surface area contributed by atoms with E-state index in [-0.39, 0.29) is 28.3 Å². The monoisotopic (exact) mass is 370 g/mol. The van der Waals surface area contributed by atoms with E-state index in [4.69, 9.17) is 11.6 Å². The number of amides is 1. The van der Waals surface area contributed by atoms with Crippen molar-refractivity contribution >= 4 is 35.3 Å². The van der Waals surface area contributed by atoms with Gasteiger partial charge in [-0.1, -0.05) is 11.6 Å². The number of rotatable bonds is 4. The molecule has 1 N–H and O–H groups in total. The van der Waals surface area contributed by atoms with Gasteiger partial charge in [-0.25, -0.2) is 13.2 Å². The lowest BCUT2D eigenvalue weighted by atomic mass is 10.1. The molecule has 0 unspecified atom stereocenters. The van der Waals surface area contributed by atoms with Crippen molar-refractivity contribution in [2.45, 2.75) is 19.4 Å². The normalized spacial score (nSPS) is 12.8. The Labute approximate surface area is 144 Å². The van der Waals surface area contributed by atoms with Crippen LogP contribution in [0, 0.1) is 17.5 Å². The molecule has 1 aliphatic heterocycles. The van der Waals surface area contributed by atoms with Crippen molar-refractivity contribution < 1.29 is 27.6 Å². The number of benzene rings is 1. The van der Waals surface area contributed by atoms with Gasteiger partial charge in [0.25, 0.3) is 5.91 Å². The Morgan fingerprint density at radius 1 is 1.20 bits per heavy atom. The summed E-state index contributed by atoms with van der Waals surface area (Å²) in [6.45, 7) is 0.414. The topological polar surface area (TPSA) is 68.2 Å². The molecule has 0 saturated carbocycles. The Morgan fingerprint density at radius 3 is 2.44 bits per heavy atom. The predicted molar refractivity (Wildman–Crippen MR) is 82.4 cm³/mol. The molecule has 1 aromatic heterocycles. The summed E-state index contributed by atoms with van der Waals surface area (Å²) in [7, 11) is 0. The van der Waals surface area contributed by atoms with Crippen LogP contribution >= 0.6 is 11.6 Å². The molecule has 5 nitrogen and oxygen atoms in total. The lowest BCUT2D eigenvalue weighted by Gasteiger charge is -2.07. The largest absolute Gasteiger partial charge is 0.340 e. The molecule has 130 valence electrons. The molecule has 0 spiro atoms. The number of nitrogens with one attached hydrogen (secondary N) is 1. The second kappa shape index (κ2) is 6.36. The van der Waals surface area contributed by atoms with Gasteiger partial charge in [0.15, 0.2) is 23.7 Å². The summed E-state index contributed by atoms with van der Waals surface area (Å²) < 4.78 is 41.0. The zero-order valence-corrected chi connectivity index (χ0v) is 13.3. The first-order valence-corrected chi connectivity index (χ1v) is 7.59. The molecule has 2 heterocycles. The molecular weight excluding hydrogens is 361 g/mol. The number of aromatic nitrogens is 1. The number of anilines is 1. The first-order valence-electron chi connectivity index (χ1n) is 7.21. The fourth-order valence-corrected chi connectivity index (χ4v) is 3.28. The summed E-state index contributed by atoms with van der Waals surface area (Å²) in [5, 5.41) is 2.02. The standard InChI is InChI=1S/C16H10ClF3N2O3/c17-13-12(10-2-1-3-22(10)15(13)11(24)6-23)16(25)21-7-4-8(18)14(20)9(19)5-7/h4-6H,1-3H2,(H,21,25). The number of Topliss-reactive ketones (excluding diaryl/α,β-unsaturated/α-hetero) is 1. The van der Waals surface area contributed by atoms with E-state index >= 15 is 0 Å². The highest BCUT2D eigenvalue weighted by atomic mass is 35.5. The van der Waals surface area contributed by atoms with Crippen molar-refractivity contribution in [2.75, 3.05) is 5.32 Å². The van der Waals surface area contributed by atoms with E-state index in [1.165, 1.54) is 4.57 Å². The second-order valence-electron chi connectivity index (χ2n) is 5.43. The zero-order chi connectivity index (χ0) is 18.3. The average molecular weight is 371 g/mol. The van der Waals surface area contributed by atoms with E-state index in [1.807, 2.05) is 0 Å². The SMILES string of the molecule is O=CC(=O)c1c(Cl)c(C(=O)Nc2cc(F)c(F)c(F)c2)c2n1CCC2. The number of carbonyl (C=O) groups excluding carboxylic acids is 3. The second-order valence-corrected chi connectivity index (χ2v) is 5.81. The smallest absolute Gasteiger partial charge is 0.259 e. The first kappa shape index (κ1) is 17.2. The number of nitrogens with zero attached hydrogens (tertiary/aromatic N) is 1. The van der Waals surface area contributed by atoms with Crippen molar-refractivity contribution in [2.24, 2.45) is 0 Å². The van der Waals surface area contributed by atoms with Crippen molar-refractivity contribution in [3.05, 3.63) is 51.6 Å². The molecule has 0 fully saturated rings. The molecular formula is C16H10ClF3N2O3. The van der Waals surface area contributed by atoms with Crippen molar-refractivity contribution in [1.29, 1.82) is 0 Å². The van der Waals surface area contributed by atoms with Gasteiger partial charge in [-0.2, -0.15) is 0 Å². The minimum absolute atomic E-state index is 0.0468. The molecule has 2 aromatic rings. The first-order chi connectivity index (χ1) is 11.8. The molecule has 3 rings (SSSR count). The highest BCUT2D eigenvalue weighted by Crippen LogP contribution is 2.34. The minimum atomic E-state index is -1.65. The third kappa shape index (κ3) is 2.82. The van der Waals surface area contributed by atoms with Gasteiger partial charge in [0.05, 0.1) is 10.6 Å². The van der Waals surface area contributed by atoms with E-state index in [0.29, 0.717) is 37.2 Å². The van der Waals surface area contributed by atoms with Crippen molar-refractivity contribution in [3.63, 3.8) is 0 Å². The van der Waals surface area contributed by atoms with Crippen LogP contribution in [-0.2, 0) is 17.8 Å². The lowest BCUT2D eigenvalue weighted by Crippen LogP contribution is -2.14. The maximum Gasteiger partial charge on any atom is 0.259 e. The predicted octanol–water partition coefficient (Wildman–Crippen LogP) is 3.14. The maximum absolute atomic E-state index is 13.3. The number of fused-ring (bicyclic) bond motifs is 1. The number of ketones is 1. The van der Waals surface area contributed by atoms with Gasteiger partial charge in [-0.05, 0) is 12.8 Å². The van der Waals surface area contributed by atoms with Crippen LogP contribution in [0.25, 0.3) is 0 Å². The van der Waals surface area contributed by atoms with Gasteiger partial charge in [0.2, 0.25) is 5.78 Å². The Hall–Kier alpha value is -2.61. The highest BCUT2D eigenvalue weighted by Gasteiger charge is 2.31. The van der Waals surface area contributed by atoms with E-state index in [9.17, 15) is 27.6 Å². The number of halogens is 4. The Bertz CT molecular complexity index is 901. The quantitative estimate of drug-likeness (QED) is 0.389. The summed E-state index contributed by atoms with van der Waals surface area (Å²) in [6, 6.07) is 1.25. The van der Waals surface area contributed by atoms with Gasteiger partial charge in [0, 0.05) is 30.1 Å². The lowest BCUT2D eigenvalue weighted by molar-refractivity contribution is -0.104. The summed E-state index contributed by atoms with van der Waals surface area (Å²) in [5.41, 5.74) is 0.00900. The summed E-state index contributed by atoms with van der Waals surface area (Å²) >= 11 is 6.10. The van der Waals surface area contributed by atoms with Crippen LogP contribution in [-0.4, -0.2) is 22.5 Å². The fraction of sp³-hybridized carbons (Fsp3) is 0.188. The van der Waals surface area contributed by atoms with Crippen LogP contribution < -0.4 is 5.32 Å². The van der Waals surface area contributed by atoms with Crippen LogP contribution in [0.4, 0.5) is 18.9 Å². The minimum Gasteiger partial charge on any atom is -0.340 e. The van der Waals surface area contributed by atoms with Gasteiger partial charge in [-0.3, -0.25) is 14.4 Å². The molecule has 1 amide bonds. The van der Waals surface area contributed by atoms with Gasteiger partial charge in [0.1, 0.15) is 5.69 Å². The Balaban J connectivity index is 2.01. The number of aldehydes is 1. The molecule has 0 bridgehead atoms. The molecule has 1 aromatic carbocycles. The van der Waals surface area contributed by atoms with Crippen LogP contribution in [0.15, 0.2) is 12.1 Å². The van der Waals surface area contributed by atoms with Crippen LogP contribution in [0.5, 0.6) is 0 Å². The third-order valence-electron chi connectivity index (χ3n) is 3.92. The molecule has 0 aliphatic carbocycles. The summed E-state index contributed by atoms with van der Waals surface area (Å²) in [6.07, 6.45) is 1.19. The van der Waals surface area contributed by atoms with E-state index < -0.39 is 29.1 Å².